The zero-order valence-corrected chi connectivity index (χ0v) is 12.7. The monoisotopic (exact) mass is 283 g/mol. The van der Waals surface area contributed by atoms with Crippen molar-refractivity contribution >= 4 is 11.9 Å². The van der Waals surface area contributed by atoms with Crippen molar-refractivity contribution < 1.29 is 9.84 Å². The first-order chi connectivity index (χ1) is 9.40. The molecule has 1 aliphatic heterocycles. The molecular formula is C15H25NO2S. The number of aliphatic hydroxyl groups excluding tert-OH is 1. The standard InChI is InChI=1S/C14H21NOS.CH4O/c1-2-12-17-15-9-8-14(16-11-10-15)13-6-4-3-5-7-13;1-2/h3-7,14H,2,8-12H2,1H3;2H,1H3. The average Bonchev–Trinajstić information content (AvgIpc) is 2.74. The fourth-order valence-corrected chi connectivity index (χ4v) is 2.91. The van der Waals surface area contributed by atoms with Crippen molar-refractivity contribution in [3.8, 4) is 0 Å². The third-order valence-electron chi connectivity index (χ3n) is 2.95. The number of rotatable bonds is 4. The summed E-state index contributed by atoms with van der Waals surface area (Å²) in [5, 5.41) is 7.00. The van der Waals surface area contributed by atoms with Gasteiger partial charge in [-0.3, -0.25) is 0 Å². The number of nitrogens with zero attached hydrogens (tertiary/aromatic N) is 1. The van der Waals surface area contributed by atoms with Crippen LogP contribution in [-0.2, 0) is 4.74 Å². The van der Waals surface area contributed by atoms with E-state index in [1.165, 1.54) is 17.7 Å². The van der Waals surface area contributed by atoms with Gasteiger partial charge in [-0.1, -0.05) is 49.2 Å². The Morgan fingerprint density at radius 3 is 2.68 bits per heavy atom. The van der Waals surface area contributed by atoms with Crippen molar-refractivity contribution in [1.29, 1.82) is 0 Å². The largest absolute Gasteiger partial charge is 0.400 e. The van der Waals surface area contributed by atoms with E-state index in [1.54, 1.807) is 0 Å². The summed E-state index contributed by atoms with van der Waals surface area (Å²) in [6, 6.07) is 10.6. The molecule has 3 nitrogen and oxygen atoms in total. The van der Waals surface area contributed by atoms with Crippen LogP contribution in [0.25, 0.3) is 0 Å². The highest BCUT2D eigenvalue weighted by Gasteiger charge is 2.18. The maximum absolute atomic E-state index is 7.00. The molecule has 1 atom stereocenters. The molecule has 0 saturated carbocycles. The molecule has 1 heterocycles. The number of aliphatic hydroxyl groups is 1. The van der Waals surface area contributed by atoms with Gasteiger partial charge in [0.1, 0.15) is 0 Å². The highest BCUT2D eigenvalue weighted by atomic mass is 32.2. The molecule has 108 valence electrons. The quantitative estimate of drug-likeness (QED) is 0.861. The zero-order chi connectivity index (χ0) is 13.9. The third-order valence-corrected chi connectivity index (χ3v) is 4.27. The van der Waals surface area contributed by atoms with E-state index >= 15 is 0 Å². The van der Waals surface area contributed by atoms with Crippen LogP contribution in [0.4, 0.5) is 0 Å². The summed E-state index contributed by atoms with van der Waals surface area (Å²) in [6.45, 7) is 5.25. The van der Waals surface area contributed by atoms with Gasteiger partial charge >= 0.3 is 0 Å². The molecule has 1 saturated heterocycles. The van der Waals surface area contributed by atoms with Gasteiger partial charge in [-0.2, -0.15) is 0 Å². The molecule has 0 amide bonds. The molecule has 0 aromatic heterocycles. The molecule has 4 heteroatoms. The van der Waals surface area contributed by atoms with Crippen molar-refractivity contribution in [2.45, 2.75) is 25.9 Å². The minimum Gasteiger partial charge on any atom is -0.400 e. The maximum Gasteiger partial charge on any atom is 0.0838 e. The molecular weight excluding hydrogens is 258 g/mol. The zero-order valence-electron chi connectivity index (χ0n) is 11.9. The van der Waals surface area contributed by atoms with Crippen molar-refractivity contribution in [2.24, 2.45) is 0 Å². The average molecular weight is 283 g/mol. The number of hydrogen-bond acceptors (Lipinski definition) is 4. The van der Waals surface area contributed by atoms with Crippen LogP contribution in [0.15, 0.2) is 30.3 Å². The second-order valence-corrected chi connectivity index (χ2v) is 5.50. The van der Waals surface area contributed by atoms with Crippen LogP contribution in [0.1, 0.15) is 31.4 Å². The topological polar surface area (TPSA) is 32.7 Å². The Labute approximate surface area is 121 Å². The molecule has 1 fully saturated rings. The van der Waals surface area contributed by atoms with Gasteiger partial charge in [0.15, 0.2) is 0 Å². The van der Waals surface area contributed by atoms with Crippen LogP contribution < -0.4 is 0 Å². The van der Waals surface area contributed by atoms with E-state index in [4.69, 9.17) is 9.84 Å². The molecule has 1 aliphatic rings. The Balaban J connectivity index is 0.000000861. The Morgan fingerprint density at radius 1 is 1.26 bits per heavy atom. The lowest BCUT2D eigenvalue weighted by Crippen LogP contribution is -2.19. The summed E-state index contributed by atoms with van der Waals surface area (Å²) in [5.74, 6) is 1.22. The fraction of sp³-hybridized carbons (Fsp3) is 0.600. The van der Waals surface area contributed by atoms with Crippen LogP contribution in [0.3, 0.4) is 0 Å². The first kappa shape index (κ1) is 16.5. The molecule has 0 radical (unpaired) electrons. The molecule has 19 heavy (non-hydrogen) atoms. The molecule has 1 N–H and O–H groups in total. The van der Waals surface area contributed by atoms with Crippen molar-refractivity contribution in [3.05, 3.63) is 35.9 Å². The Hall–Kier alpha value is -0.550. The Morgan fingerprint density at radius 2 is 2.00 bits per heavy atom. The van der Waals surface area contributed by atoms with Crippen LogP contribution in [-0.4, -0.2) is 42.0 Å². The summed E-state index contributed by atoms with van der Waals surface area (Å²) in [6.07, 6.45) is 2.62. The van der Waals surface area contributed by atoms with E-state index < -0.39 is 0 Å². The first-order valence-corrected chi connectivity index (χ1v) is 7.83. The molecule has 0 bridgehead atoms. The van der Waals surface area contributed by atoms with Gasteiger partial charge in [0, 0.05) is 26.0 Å². The summed E-state index contributed by atoms with van der Waals surface area (Å²) in [5.41, 5.74) is 1.31. The normalized spacial score (nSPS) is 20.3. The van der Waals surface area contributed by atoms with Crippen LogP contribution in [0.5, 0.6) is 0 Å². The summed E-state index contributed by atoms with van der Waals surface area (Å²) in [7, 11) is 1.00. The van der Waals surface area contributed by atoms with Gasteiger partial charge in [0.2, 0.25) is 0 Å². The van der Waals surface area contributed by atoms with Gasteiger partial charge in [0.05, 0.1) is 12.7 Å². The SMILES string of the molecule is CCCSN1CCOC(c2ccccc2)CC1.CO. The summed E-state index contributed by atoms with van der Waals surface area (Å²) < 4.78 is 8.40. The maximum atomic E-state index is 7.00. The van der Waals surface area contributed by atoms with E-state index in [1.807, 2.05) is 11.9 Å². The van der Waals surface area contributed by atoms with Gasteiger partial charge < -0.3 is 9.84 Å². The number of hydrogen-bond donors (Lipinski definition) is 1. The molecule has 2 rings (SSSR count). The number of ether oxygens (including phenoxy) is 1. The lowest BCUT2D eigenvalue weighted by molar-refractivity contribution is 0.0635. The predicted octanol–water partition coefficient (Wildman–Crippen LogP) is 3.12. The predicted molar refractivity (Wildman–Crippen MR) is 82.2 cm³/mol. The lowest BCUT2D eigenvalue weighted by Gasteiger charge is -2.17. The van der Waals surface area contributed by atoms with E-state index in [9.17, 15) is 0 Å². The van der Waals surface area contributed by atoms with Gasteiger partial charge in [0.25, 0.3) is 0 Å². The minimum atomic E-state index is 0.281. The second kappa shape index (κ2) is 10.3. The molecule has 1 aromatic rings. The minimum absolute atomic E-state index is 0.281. The van der Waals surface area contributed by atoms with Crippen molar-refractivity contribution in [1.82, 2.24) is 4.31 Å². The Bertz CT molecular complexity index is 321. The van der Waals surface area contributed by atoms with Gasteiger partial charge in [-0.15, -0.1) is 0 Å². The van der Waals surface area contributed by atoms with Gasteiger partial charge in [-0.05, 0) is 18.4 Å². The number of benzene rings is 1. The third kappa shape index (κ3) is 5.95. The van der Waals surface area contributed by atoms with Crippen LogP contribution in [0.2, 0.25) is 0 Å². The van der Waals surface area contributed by atoms with E-state index in [2.05, 4.69) is 41.6 Å². The molecule has 1 aromatic carbocycles. The van der Waals surface area contributed by atoms with Crippen LogP contribution >= 0.6 is 11.9 Å². The van der Waals surface area contributed by atoms with E-state index in [0.717, 1.165) is 33.2 Å². The van der Waals surface area contributed by atoms with Crippen LogP contribution in [0, 0.1) is 0 Å². The second-order valence-electron chi connectivity index (χ2n) is 4.32. The van der Waals surface area contributed by atoms with Crippen molar-refractivity contribution in [3.63, 3.8) is 0 Å². The smallest absolute Gasteiger partial charge is 0.0838 e. The Kier molecular flexibility index (Phi) is 8.91. The fourth-order valence-electron chi connectivity index (χ4n) is 2.03. The lowest BCUT2D eigenvalue weighted by atomic mass is 10.1. The summed E-state index contributed by atoms with van der Waals surface area (Å²) in [4.78, 5) is 0. The first-order valence-electron chi connectivity index (χ1n) is 6.89. The highest BCUT2D eigenvalue weighted by Crippen LogP contribution is 2.25. The van der Waals surface area contributed by atoms with Crippen molar-refractivity contribution in [2.75, 3.05) is 32.6 Å². The van der Waals surface area contributed by atoms with E-state index in [0.29, 0.717) is 0 Å². The molecule has 0 spiro atoms. The van der Waals surface area contributed by atoms with Gasteiger partial charge in [-0.25, -0.2) is 4.31 Å². The highest BCUT2D eigenvalue weighted by molar-refractivity contribution is 7.97. The van der Waals surface area contributed by atoms with E-state index in [-0.39, 0.29) is 6.10 Å². The summed E-state index contributed by atoms with van der Waals surface area (Å²) >= 11 is 1.96. The molecule has 0 aliphatic carbocycles. The molecule has 1 unspecified atom stereocenters.